The maximum absolute atomic E-state index is 10.7. The Labute approximate surface area is 114 Å². The van der Waals surface area contributed by atoms with Crippen molar-refractivity contribution in [3.05, 3.63) is 60.2 Å². The van der Waals surface area contributed by atoms with Gasteiger partial charge in [0, 0.05) is 5.56 Å². The summed E-state index contributed by atoms with van der Waals surface area (Å²) in [5.41, 5.74) is 1.67. The number of nitrogens with zero attached hydrogens (tertiary/aromatic N) is 4. The van der Waals surface area contributed by atoms with Gasteiger partial charge in [-0.2, -0.15) is 4.68 Å². The molecule has 0 amide bonds. The Bertz CT molecular complexity index is 735. The van der Waals surface area contributed by atoms with Gasteiger partial charge >= 0.3 is 0 Å². The Balaban J connectivity index is 2.04. The van der Waals surface area contributed by atoms with Crippen LogP contribution in [0.15, 0.2) is 54.6 Å². The molecule has 2 aromatic carbocycles. The second-order valence-corrected chi connectivity index (χ2v) is 4.11. The molecule has 0 fully saturated rings. The number of tetrazole rings is 1. The standard InChI is InChI=1S/C14H10N4O2/c19-14(20)11-6-8-12(9-7-11)18-13(15-16-17-18)10-4-2-1-3-5-10/h1-9H,(H,19,20)/p-1. The quantitative estimate of drug-likeness (QED) is 0.695. The molecule has 0 aliphatic rings. The highest BCUT2D eigenvalue weighted by Gasteiger charge is 2.10. The number of carbonyl (C=O) groups is 1. The summed E-state index contributed by atoms with van der Waals surface area (Å²) in [5, 5.41) is 22.3. The van der Waals surface area contributed by atoms with E-state index in [1.165, 1.54) is 12.1 Å². The molecule has 0 aliphatic carbocycles. The highest BCUT2D eigenvalue weighted by molar-refractivity contribution is 5.85. The van der Waals surface area contributed by atoms with E-state index in [0.717, 1.165) is 5.56 Å². The molecule has 0 atom stereocenters. The van der Waals surface area contributed by atoms with E-state index in [1.54, 1.807) is 16.8 Å². The van der Waals surface area contributed by atoms with Gasteiger partial charge in [0.15, 0.2) is 5.82 Å². The van der Waals surface area contributed by atoms with Crippen LogP contribution in [0.2, 0.25) is 0 Å². The lowest BCUT2D eigenvalue weighted by Gasteiger charge is -2.06. The minimum Gasteiger partial charge on any atom is -0.545 e. The molecule has 0 N–H and O–H groups in total. The minimum absolute atomic E-state index is 0.114. The van der Waals surface area contributed by atoms with Crippen LogP contribution in [0, 0.1) is 0 Å². The van der Waals surface area contributed by atoms with Crippen molar-refractivity contribution in [1.29, 1.82) is 0 Å². The lowest BCUT2D eigenvalue weighted by molar-refractivity contribution is -0.255. The second kappa shape index (κ2) is 4.93. The SMILES string of the molecule is O=C([O-])c1ccc(-n2nnnc2-c2ccccc2)cc1. The van der Waals surface area contributed by atoms with Crippen LogP contribution >= 0.6 is 0 Å². The van der Waals surface area contributed by atoms with Crippen molar-refractivity contribution in [3.63, 3.8) is 0 Å². The van der Waals surface area contributed by atoms with Crippen molar-refractivity contribution < 1.29 is 9.90 Å². The Morgan fingerprint density at radius 1 is 1.00 bits per heavy atom. The normalized spacial score (nSPS) is 10.4. The number of benzene rings is 2. The average molecular weight is 265 g/mol. The molecular formula is C14H9N4O2-. The molecule has 1 heterocycles. The zero-order chi connectivity index (χ0) is 13.9. The number of aromatic nitrogens is 4. The van der Waals surface area contributed by atoms with Gasteiger partial charge in [-0.05, 0) is 28.1 Å². The van der Waals surface area contributed by atoms with Gasteiger partial charge in [-0.1, -0.05) is 42.5 Å². The van der Waals surface area contributed by atoms with E-state index in [0.29, 0.717) is 11.5 Å². The van der Waals surface area contributed by atoms with E-state index in [2.05, 4.69) is 15.5 Å². The summed E-state index contributed by atoms with van der Waals surface area (Å²) in [5.74, 6) is -0.622. The fourth-order valence-electron chi connectivity index (χ4n) is 1.87. The molecule has 98 valence electrons. The first-order chi connectivity index (χ1) is 9.75. The van der Waals surface area contributed by atoms with Gasteiger partial charge in [-0.15, -0.1) is 5.10 Å². The number of carboxylic acids is 1. The van der Waals surface area contributed by atoms with Gasteiger partial charge in [0.25, 0.3) is 0 Å². The van der Waals surface area contributed by atoms with Gasteiger partial charge in [0.2, 0.25) is 0 Å². The van der Waals surface area contributed by atoms with Gasteiger partial charge in [-0.25, -0.2) is 0 Å². The van der Waals surface area contributed by atoms with Crippen molar-refractivity contribution in [2.24, 2.45) is 0 Å². The zero-order valence-corrected chi connectivity index (χ0v) is 10.3. The highest BCUT2D eigenvalue weighted by atomic mass is 16.4. The molecule has 0 saturated heterocycles. The molecule has 0 saturated carbocycles. The van der Waals surface area contributed by atoms with Crippen LogP contribution in [0.3, 0.4) is 0 Å². The van der Waals surface area contributed by atoms with Crippen LogP contribution in [-0.2, 0) is 0 Å². The summed E-state index contributed by atoms with van der Waals surface area (Å²) < 4.78 is 1.55. The van der Waals surface area contributed by atoms with Crippen molar-refractivity contribution in [3.8, 4) is 17.1 Å². The third kappa shape index (κ3) is 2.14. The number of aromatic carboxylic acids is 1. The third-order valence-corrected chi connectivity index (χ3v) is 2.85. The number of carboxylic acid groups (broad SMARTS) is 1. The Morgan fingerprint density at radius 3 is 2.35 bits per heavy atom. The third-order valence-electron chi connectivity index (χ3n) is 2.85. The van der Waals surface area contributed by atoms with Crippen LogP contribution in [0.1, 0.15) is 10.4 Å². The summed E-state index contributed by atoms with van der Waals surface area (Å²) in [7, 11) is 0. The molecule has 6 nitrogen and oxygen atoms in total. The smallest absolute Gasteiger partial charge is 0.187 e. The summed E-state index contributed by atoms with van der Waals surface area (Å²) in [4.78, 5) is 10.7. The number of rotatable bonds is 3. The number of hydrogen-bond donors (Lipinski definition) is 0. The zero-order valence-electron chi connectivity index (χ0n) is 10.3. The Hall–Kier alpha value is -3.02. The maximum Gasteiger partial charge on any atom is 0.187 e. The molecule has 0 radical (unpaired) electrons. The first-order valence-corrected chi connectivity index (χ1v) is 5.91. The molecule has 20 heavy (non-hydrogen) atoms. The fourth-order valence-corrected chi connectivity index (χ4v) is 1.87. The van der Waals surface area contributed by atoms with E-state index < -0.39 is 5.97 Å². The summed E-state index contributed by atoms with van der Waals surface area (Å²) in [6, 6.07) is 15.7. The maximum atomic E-state index is 10.7. The Kier molecular flexibility index (Phi) is 2.96. The molecule has 0 unspecified atom stereocenters. The van der Waals surface area contributed by atoms with Crippen LogP contribution < -0.4 is 5.11 Å². The monoisotopic (exact) mass is 265 g/mol. The molecular weight excluding hydrogens is 256 g/mol. The minimum atomic E-state index is -1.21. The van der Waals surface area contributed by atoms with E-state index in [4.69, 9.17) is 0 Å². The van der Waals surface area contributed by atoms with Gasteiger partial charge in [0.1, 0.15) is 0 Å². The van der Waals surface area contributed by atoms with Crippen LogP contribution in [0.4, 0.5) is 0 Å². The van der Waals surface area contributed by atoms with Gasteiger partial charge in [-0.3, -0.25) is 0 Å². The van der Waals surface area contributed by atoms with Crippen molar-refractivity contribution in [2.45, 2.75) is 0 Å². The Morgan fingerprint density at radius 2 is 1.70 bits per heavy atom. The predicted molar refractivity (Wildman–Crippen MR) is 68.9 cm³/mol. The highest BCUT2D eigenvalue weighted by Crippen LogP contribution is 2.18. The summed E-state index contributed by atoms with van der Waals surface area (Å²) in [6.07, 6.45) is 0. The molecule has 3 aromatic rings. The first-order valence-electron chi connectivity index (χ1n) is 5.91. The largest absolute Gasteiger partial charge is 0.545 e. The summed E-state index contributed by atoms with van der Waals surface area (Å²) >= 11 is 0. The second-order valence-electron chi connectivity index (χ2n) is 4.11. The van der Waals surface area contributed by atoms with E-state index in [-0.39, 0.29) is 5.56 Å². The first kappa shape index (κ1) is 12.0. The van der Waals surface area contributed by atoms with E-state index >= 15 is 0 Å². The summed E-state index contributed by atoms with van der Waals surface area (Å²) in [6.45, 7) is 0. The van der Waals surface area contributed by atoms with Crippen LogP contribution in [0.5, 0.6) is 0 Å². The lowest BCUT2D eigenvalue weighted by Crippen LogP contribution is -2.22. The molecule has 0 spiro atoms. The number of hydrogen-bond acceptors (Lipinski definition) is 5. The molecule has 3 rings (SSSR count). The van der Waals surface area contributed by atoms with Crippen molar-refractivity contribution in [1.82, 2.24) is 20.2 Å². The fraction of sp³-hybridized carbons (Fsp3) is 0. The van der Waals surface area contributed by atoms with Crippen molar-refractivity contribution >= 4 is 5.97 Å². The molecule has 6 heteroatoms. The van der Waals surface area contributed by atoms with Crippen molar-refractivity contribution in [2.75, 3.05) is 0 Å². The van der Waals surface area contributed by atoms with E-state index in [1.807, 2.05) is 30.3 Å². The van der Waals surface area contributed by atoms with Crippen LogP contribution in [-0.4, -0.2) is 26.2 Å². The van der Waals surface area contributed by atoms with Gasteiger partial charge < -0.3 is 9.90 Å². The molecule has 0 bridgehead atoms. The molecule has 1 aromatic heterocycles. The topological polar surface area (TPSA) is 83.7 Å². The van der Waals surface area contributed by atoms with Gasteiger partial charge in [0.05, 0.1) is 11.7 Å². The lowest BCUT2D eigenvalue weighted by atomic mass is 10.2. The molecule has 0 aliphatic heterocycles. The average Bonchev–Trinajstić information content (AvgIpc) is 2.97. The number of carbonyl (C=O) groups excluding carboxylic acids is 1. The van der Waals surface area contributed by atoms with Crippen LogP contribution in [0.25, 0.3) is 17.1 Å². The predicted octanol–water partition coefficient (Wildman–Crippen LogP) is 0.693. The van der Waals surface area contributed by atoms with E-state index in [9.17, 15) is 9.90 Å².